The lowest BCUT2D eigenvalue weighted by Gasteiger charge is -2.20. The van der Waals surface area contributed by atoms with E-state index >= 15 is 0 Å². The van der Waals surface area contributed by atoms with Crippen LogP contribution in [0.15, 0.2) is 40.9 Å². The molecule has 118 valence electrons. The summed E-state index contributed by atoms with van der Waals surface area (Å²) in [6.45, 7) is 1.91. The summed E-state index contributed by atoms with van der Waals surface area (Å²) in [7, 11) is 0. The van der Waals surface area contributed by atoms with Crippen molar-refractivity contribution >= 4 is 17.7 Å². The van der Waals surface area contributed by atoms with Crippen molar-refractivity contribution in [1.29, 1.82) is 0 Å². The minimum atomic E-state index is -0.132. The van der Waals surface area contributed by atoms with Gasteiger partial charge in [0.1, 0.15) is 0 Å². The Balaban J connectivity index is 1.94. The molecular weight excluding hydrogens is 300 g/mol. The SMILES string of the molecule is CSC(CO)C(C)NC(=O)Cc1cc(-c2ccccc2)on1. The van der Waals surface area contributed by atoms with Crippen molar-refractivity contribution in [2.24, 2.45) is 0 Å². The van der Waals surface area contributed by atoms with E-state index in [2.05, 4.69) is 10.5 Å². The third kappa shape index (κ3) is 4.35. The van der Waals surface area contributed by atoms with Crippen molar-refractivity contribution in [1.82, 2.24) is 10.5 Å². The lowest BCUT2D eigenvalue weighted by Crippen LogP contribution is -2.41. The molecule has 1 aromatic carbocycles. The number of thioether (sulfide) groups is 1. The van der Waals surface area contributed by atoms with Gasteiger partial charge in [-0.05, 0) is 13.2 Å². The lowest BCUT2D eigenvalue weighted by atomic mass is 10.1. The molecule has 1 aromatic heterocycles. The number of aromatic nitrogens is 1. The minimum absolute atomic E-state index is 0.0128. The van der Waals surface area contributed by atoms with Crippen LogP contribution in [0, 0.1) is 0 Å². The molecule has 0 aliphatic rings. The van der Waals surface area contributed by atoms with E-state index in [0.29, 0.717) is 11.5 Å². The summed E-state index contributed by atoms with van der Waals surface area (Å²) in [5, 5.41) is 16.0. The van der Waals surface area contributed by atoms with Crippen LogP contribution in [-0.4, -0.2) is 40.3 Å². The Bertz CT molecular complexity index is 596. The third-order valence-corrected chi connectivity index (χ3v) is 4.55. The highest BCUT2D eigenvalue weighted by molar-refractivity contribution is 7.99. The first-order valence-corrected chi connectivity index (χ1v) is 8.37. The number of benzene rings is 1. The van der Waals surface area contributed by atoms with Crippen LogP contribution in [0.4, 0.5) is 0 Å². The van der Waals surface area contributed by atoms with Crippen molar-refractivity contribution in [3.05, 3.63) is 42.1 Å². The monoisotopic (exact) mass is 320 g/mol. The van der Waals surface area contributed by atoms with Crippen LogP contribution >= 0.6 is 11.8 Å². The number of rotatable bonds is 7. The number of hydrogen-bond donors (Lipinski definition) is 2. The zero-order chi connectivity index (χ0) is 15.9. The summed E-state index contributed by atoms with van der Waals surface area (Å²) in [5.74, 6) is 0.515. The Morgan fingerprint density at radius 1 is 1.41 bits per heavy atom. The Morgan fingerprint density at radius 2 is 2.14 bits per heavy atom. The van der Waals surface area contributed by atoms with Crippen molar-refractivity contribution in [3.8, 4) is 11.3 Å². The van der Waals surface area contributed by atoms with Crippen molar-refractivity contribution in [2.75, 3.05) is 12.9 Å². The van der Waals surface area contributed by atoms with Gasteiger partial charge in [-0.25, -0.2) is 0 Å². The fourth-order valence-electron chi connectivity index (χ4n) is 2.13. The molecule has 0 aliphatic heterocycles. The van der Waals surface area contributed by atoms with Gasteiger partial charge in [-0.15, -0.1) is 0 Å². The maximum absolute atomic E-state index is 12.0. The molecule has 5 nitrogen and oxygen atoms in total. The molecule has 0 bridgehead atoms. The second kappa shape index (κ2) is 8.00. The highest BCUT2D eigenvalue weighted by atomic mass is 32.2. The van der Waals surface area contributed by atoms with E-state index in [1.807, 2.05) is 43.5 Å². The second-order valence-corrected chi connectivity index (χ2v) is 6.12. The molecule has 0 spiro atoms. The van der Waals surface area contributed by atoms with Gasteiger partial charge in [0.2, 0.25) is 5.91 Å². The average molecular weight is 320 g/mol. The zero-order valence-corrected chi connectivity index (χ0v) is 13.5. The third-order valence-electron chi connectivity index (χ3n) is 3.39. The van der Waals surface area contributed by atoms with Crippen LogP contribution in [0.25, 0.3) is 11.3 Å². The van der Waals surface area contributed by atoms with Crippen LogP contribution in [0.2, 0.25) is 0 Å². The van der Waals surface area contributed by atoms with Crippen LogP contribution < -0.4 is 5.32 Å². The van der Waals surface area contributed by atoms with Crippen LogP contribution in [0.1, 0.15) is 12.6 Å². The van der Waals surface area contributed by atoms with Crippen molar-refractivity contribution < 1.29 is 14.4 Å². The molecule has 0 aliphatic carbocycles. The molecule has 0 radical (unpaired) electrons. The van der Waals surface area contributed by atoms with Gasteiger partial charge in [-0.1, -0.05) is 35.5 Å². The smallest absolute Gasteiger partial charge is 0.226 e. The molecular formula is C16H20N2O3S. The first-order chi connectivity index (χ1) is 10.6. The van der Waals surface area contributed by atoms with Gasteiger partial charge in [0.05, 0.1) is 18.7 Å². The first-order valence-electron chi connectivity index (χ1n) is 7.08. The number of nitrogens with zero attached hydrogens (tertiary/aromatic N) is 1. The minimum Gasteiger partial charge on any atom is -0.395 e. The molecule has 2 aromatic rings. The molecule has 2 unspecified atom stereocenters. The van der Waals surface area contributed by atoms with Gasteiger partial charge in [-0.2, -0.15) is 11.8 Å². The van der Waals surface area contributed by atoms with Gasteiger partial charge < -0.3 is 14.9 Å². The maximum Gasteiger partial charge on any atom is 0.226 e. The summed E-state index contributed by atoms with van der Waals surface area (Å²) >= 11 is 1.53. The summed E-state index contributed by atoms with van der Waals surface area (Å²) in [4.78, 5) is 12.0. The van der Waals surface area contributed by atoms with Gasteiger partial charge >= 0.3 is 0 Å². The Morgan fingerprint density at radius 3 is 2.77 bits per heavy atom. The maximum atomic E-state index is 12.0. The van der Waals surface area contributed by atoms with Crippen LogP contribution in [0.3, 0.4) is 0 Å². The van der Waals surface area contributed by atoms with E-state index in [-0.39, 0.29) is 30.2 Å². The van der Waals surface area contributed by atoms with Crippen molar-refractivity contribution in [2.45, 2.75) is 24.6 Å². The molecule has 1 heterocycles. The fraction of sp³-hybridized carbons (Fsp3) is 0.375. The average Bonchev–Trinajstić information content (AvgIpc) is 2.97. The number of nitrogens with one attached hydrogen (secondary N) is 1. The van der Waals surface area contributed by atoms with Gasteiger partial charge in [0.15, 0.2) is 5.76 Å². The number of carbonyl (C=O) groups is 1. The normalized spacial score (nSPS) is 13.6. The Kier molecular flexibility index (Phi) is 6.03. The molecule has 2 N–H and O–H groups in total. The number of aliphatic hydroxyl groups is 1. The van der Waals surface area contributed by atoms with E-state index < -0.39 is 0 Å². The van der Waals surface area contributed by atoms with Crippen molar-refractivity contribution in [3.63, 3.8) is 0 Å². The van der Waals surface area contributed by atoms with Gasteiger partial charge in [0.25, 0.3) is 0 Å². The summed E-state index contributed by atoms with van der Waals surface area (Å²) < 4.78 is 5.27. The van der Waals surface area contributed by atoms with E-state index in [4.69, 9.17) is 4.52 Å². The van der Waals surface area contributed by atoms with Gasteiger partial charge in [0, 0.05) is 22.9 Å². The molecule has 0 saturated carbocycles. The molecule has 2 atom stereocenters. The van der Waals surface area contributed by atoms with E-state index in [0.717, 1.165) is 5.56 Å². The fourth-order valence-corrected chi connectivity index (χ4v) is 2.76. The molecule has 1 amide bonds. The molecule has 0 saturated heterocycles. The molecule has 6 heteroatoms. The summed E-state index contributed by atoms with van der Waals surface area (Å²) in [5.41, 5.74) is 1.52. The van der Waals surface area contributed by atoms with E-state index in [1.54, 1.807) is 6.07 Å². The highest BCUT2D eigenvalue weighted by Crippen LogP contribution is 2.20. The second-order valence-electron chi connectivity index (χ2n) is 5.04. The quantitative estimate of drug-likeness (QED) is 0.817. The number of aliphatic hydroxyl groups excluding tert-OH is 1. The van der Waals surface area contributed by atoms with E-state index in [1.165, 1.54) is 11.8 Å². The number of hydrogen-bond acceptors (Lipinski definition) is 5. The number of amides is 1. The molecule has 22 heavy (non-hydrogen) atoms. The molecule has 0 fully saturated rings. The highest BCUT2D eigenvalue weighted by Gasteiger charge is 2.18. The summed E-state index contributed by atoms with van der Waals surface area (Å²) in [6, 6.07) is 11.3. The zero-order valence-electron chi connectivity index (χ0n) is 12.7. The van der Waals surface area contributed by atoms with Crippen LogP contribution in [-0.2, 0) is 11.2 Å². The topological polar surface area (TPSA) is 75.4 Å². The lowest BCUT2D eigenvalue weighted by molar-refractivity contribution is -0.121. The first kappa shape index (κ1) is 16.6. The Hall–Kier alpha value is -1.79. The number of carbonyl (C=O) groups excluding carboxylic acids is 1. The largest absolute Gasteiger partial charge is 0.395 e. The summed E-state index contributed by atoms with van der Waals surface area (Å²) in [6.07, 6.45) is 2.07. The molecule has 2 rings (SSSR count). The predicted molar refractivity (Wildman–Crippen MR) is 87.6 cm³/mol. The van der Waals surface area contributed by atoms with E-state index in [9.17, 15) is 9.90 Å². The standard InChI is InChI=1S/C16H20N2O3S/c1-11(15(10-19)22-2)17-16(20)9-13-8-14(21-18-13)12-6-4-3-5-7-12/h3-8,11,15,19H,9-10H2,1-2H3,(H,17,20). The van der Waals surface area contributed by atoms with Crippen LogP contribution in [0.5, 0.6) is 0 Å². The van der Waals surface area contributed by atoms with Gasteiger partial charge in [-0.3, -0.25) is 4.79 Å². The predicted octanol–water partition coefficient (Wildman–Crippen LogP) is 2.11. The Labute approximate surface area is 134 Å².